The summed E-state index contributed by atoms with van der Waals surface area (Å²) in [4.78, 5) is 9.38. The average molecular weight is 308 g/mol. The molecule has 3 aliphatic rings. The molecule has 3 fully saturated rings. The number of nitrogens with one attached hydrogen (secondary N) is 1. The Balaban J connectivity index is 1.41. The first-order chi connectivity index (χ1) is 10.7. The Morgan fingerprint density at radius 2 is 2.09 bits per heavy atom. The number of piperidine rings is 1. The Hall–Kier alpha value is -0.810. The molecule has 1 N–H and O–H groups in total. The molecule has 5 nitrogen and oxygen atoms in total. The van der Waals surface area contributed by atoms with Crippen LogP contribution in [0, 0.1) is 11.3 Å². The predicted octanol–water partition coefficient (Wildman–Crippen LogP) is 1.41. The minimum Gasteiger partial charge on any atom is -0.381 e. The Kier molecular flexibility index (Phi) is 5.24. The molecule has 1 unspecified atom stereocenters. The summed E-state index contributed by atoms with van der Waals surface area (Å²) < 4.78 is 5.62. The number of ether oxygens (including phenoxy) is 1. The van der Waals surface area contributed by atoms with E-state index >= 15 is 0 Å². The molecule has 0 aromatic heterocycles. The number of hydrogen-bond acceptors (Lipinski definition) is 3. The number of rotatable bonds is 3. The van der Waals surface area contributed by atoms with Crippen molar-refractivity contribution in [3.05, 3.63) is 0 Å². The van der Waals surface area contributed by atoms with Crippen LogP contribution in [0.3, 0.4) is 0 Å². The van der Waals surface area contributed by atoms with E-state index in [1.807, 2.05) is 7.05 Å². The zero-order valence-corrected chi connectivity index (χ0v) is 14.3. The van der Waals surface area contributed by atoms with Crippen molar-refractivity contribution < 1.29 is 4.74 Å². The van der Waals surface area contributed by atoms with Crippen molar-refractivity contribution in [3.8, 4) is 0 Å². The van der Waals surface area contributed by atoms with Gasteiger partial charge in [-0.15, -0.1) is 0 Å². The van der Waals surface area contributed by atoms with E-state index in [4.69, 9.17) is 4.74 Å². The van der Waals surface area contributed by atoms with Gasteiger partial charge in [0.05, 0.1) is 6.61 Å². The zero-order valence-electron chi connectivity index (χ0n) is 14.3. The van der Waals surface area contributed by atoms with E-state index < -0.39 is 0 Å². The lowest BCUT2D eigenvalue weighted by Crippen LogP contribution is -2.42. The lowest BCUT2D eigenvalue weighted by Gasteiger charge is -2.29. The SMILES string of the molecule is CN=C(NCCC1CCN(C)CC1)N1CCC2(CCOC2)C1. The van der Waals surface area contributed by atoms with Crippen LogP contribution in [0.15, 0.2) is 4.99 Å². The van der Waals surface area contributed by atoms with E-state index in [1.165, 1.54) is 45.2 Å². The Morgan fingerprint density at radius 1 is 1.27 bits per heavy atom. The fourth-order valence-electron chi connectivity index (χ4n) is 4.16. The maximum atomic E-state index is 5.62. The number of guanidine groups is 1. The van der Waals surface area contributed by atoms with Crippen LogP contribution in [-0.4, -0.2) is 75.8 Å². The van der Waals surface area contributed by atoms with Crippen molar-refractivity contribution in [1.82, 2.24) is 15.1 Å². The largest absolute Gasteiger partial charge is 0.381 e. The highest BCUT2D eigenvalue weighted by atomic mass is 16.5. The first kappa shape index (κ1) is 16.1. The summed E-state index contributed by atoms with van der Waals surface area (Å²) in [5.41, 5.74) is 0.408. The monoisotopic (exact) mass is 308 g/mol. The van der Waals surface area contributed by atoms with Crippen molar-refractivity contribution in [2.24, 2.45) is 16.3 Å². The van der Waals surface area contributed by atoms with Gasteiger partial charge in [0.2, 0.25) is 0 Å². The number of aliphatic imine (C=N–C) groups is 1. The fraction of sp³-hybridized carbons (Fsp3) is 0.941. The Morgan fingerprint density at radius 3 is 2.77 bits per heavy atom. The molecule has 0 aromatic rings. The summed E-state index contributed by atoms with van der Waals surface area (Å²) in [6.07, 6.45) is 6.44. The third kappa shape index (κ3) is 3.74. The highest BCUT2D eigenvalue weighted by molar-refractivity contribution is 5.80. The molecule has 5 heteroatoms. The van der Waals surface area contributed by atoms with E-state index in [1.54, 1.807) is 0 Å². The summed E-state index contributed by atoms with van der Waals surface area (Å²) in [5, 5.41) is 3.60. The number of nitrogens with zero attached hydrogens (tertiary/aromatic N) is 3. The molecule has 3 rings (SSSR count). The van der Waals surface area contributed by atoms with Crippen LogP contribution in [0.5, 0.6) is 0 Å². The van der Waals surface area contributed by atoms with Crippen molar-refractivity contribution >= 4 is 5.96 Å². The maximum absolute atomic E-state index is 5.62. The van der Waals surface area contributed by atoms with Gasteiger partial charge in [-0.3, -0.25) is 4.99 Å². The second-order valence-corrected chi connectivity index (χ2v) is 7.48. The quantitative estimate of drug-likeness (QED) is 0.632. The molecule has 0 bridgehead atoms. The van der Waals surface area contributed by atoms with Crippen LogP contribution < -0.4 is 5.32 Å². The molecule has 0 saturated carbocycles. The van der Waals surface area contributed by atoms with Gasteiger partial charge in [-0.05, 0) is 58.2 Å². The first-order valence-corrected chi connectivity index (χ1v) is 8.93. The molecular formula is C17H32N4O. The summed E-state index contributed by atoms with van der Waals surface area (Å²) in [7, 11) is 4.14. The molecule has 3 aliphatic heterocycles. The van der Waals surface area contributed by atoms with Gasteiger partial charge in [-0.25, -0.2) is 0 Å². The van der Waals surface area contributed by atoms with Crippen LogP contribution >= 0.6 is 0 Å². The summed E-state index contributed by atoms with van der Waals surface area (Å²) in [6, 6.07) is 0. The van der Waals surface area contributed by atoms with Gasteiger partial charge in [0, 0.05) is 38.7 Å². The first-order valence-electron chi connectivity index (χ1n) is 8.93. The van der Waals surface area contributed by atoms with Gasteiger partial charge in [-0.1, -0.05) is 0 Å². The fourth-order valence-corrected chi connectivity index (χ4v) is 4.16. The average Bonchev–Trinajstić information content (AvgIpc) is 3.16. The highest BCUT2D eigenvalue weighted by Crippen LogP contribution is 2.38. The van der Waals surface area contributed by atoms with Gasteiger partial charge in [0.1, 0.15) is 0 Å². The normalized spacial score (nSPS) is 31.4. The molecule has 3 saturated heterocycles. The zero-order chi connectivity index (χ0) is 15.4. The highest BCUT2D eigenvalue weighted by Gasteiger charge is 2.42. The molecule has 0 aromatic carbocycles. The molecule has 0 amide bonds. The minimum absolute atomic E-state index is 0.408. The lowest BCUT2D eigenvalue weighted by atomic mass is 9.87. The molecule has 3 heterocycles. The van der Waals surface area contributed by atoms with Crippen LogP contribution in [0.25, 0.3) is 0 Å². The van der Waals surface area contributed by atoms with Crippen molar-refractivity contribution in [3.63, 3.8) is 0 Å². The van der Waals surface area contributed by atoms with E-state index in [2.05, 4.69) is 27.2 Å². The smallest absolute Gasteiger partial charge is 0.193 e. The van der Waals surface area contributed by atoms with E-state index in [-0.39, 0.29) is 0 Å². The second-order valence-electron chi connectivity index (χ2n) is 7.48. The van der Waals surface area contributed by atoms with Gasteiger partial charge in [0.15, 0.2) is 5.96 Å². The van der Waals surface area contributed by atoms with Crippen LogP contribution in [0.4, 0.5) is 0 Å². The molecule has 22 heavy (non-hydrogen) atoms. The van der Waals surface area contributed by atoms with Gasteiger partial charge < -0.3 is 19.9 Å². The van der Waals surface area contributed by atoms with E-state index in [0.29, 0.717) is 5.41 Å². The number of likely N-dealkylation sites (tertiary alicyclic amines) is 2. The predicted molar refractivity (Wildman–Crippen MR) is 90.3 cm³/mol. The summed E-state index contributed by atoms with van der Waals surface area (Å²) in [5.74, 6) is 1.98. The van der Waals surface area contributed by atoms with E-state index in [0.717, 1.165) is 44.7 Å². The summed E-state index contributed by atoms with van der Waals surface area (Å²) in [6.45, 7) is 7.69. The molecule has 1 atom stereocenters. The Labute approximate surface area is 135 Å². The van der Waals surface area contributed by atoms with Crippen LogP contribution in [0.1, 0.15) is 32.1 Å². The minimum atomic E-state index is 0.408. The standard InChI is InChI=1S/C17H32N4O/c1-18-16(19-8-3-15-4-9-20(2)10-5-15)21-11-6-17(13-21)7-12-22-14-17/h15H,3-14H2,1-2H3,(H,18,19). The third-order valence-electron chi connectivity index (χ3n) is 5.81. The maximum Gasteiger partial charge on any atom is 0.193 e. The van der Waals surface area contributed by atoms with Crippen molar-refractivity contribution in [1.29, 1.82) is 0 Å². The van der Waals surface area contributed by atoms with Gasteiger partial charge >= 0.3 is 0 Å². The van der Waals surface area contributed by atoms with Crippen LogP contribution in [0.2, 0.25) is 0 Å². The molecule has 126 valence electrons. The van der Waals surface area contributed by atoms with Gasteiger partial charge in [0.25, 0.3) is 0 Å². The van der Waals surface area contributed by atoms with Crippen molar-refractivity contribution in [2.45, 2.75) is 32.1 Å². The van der Waals surface area contributed by atoms with E-state index in [9.17, 15) is 0 Å². The third-order valence-corrected chi connectivity index (χ3v) is 5.81. The molecule has 0 radical (unpaired) electrons. The lowest BCUT2D eigenvalue weighted by molar-refractivity contribution is 0.156. The molecular weight excluding hydrogens is 276 g/mol. The molecule has 0 aliphatic carbocycles. The summed E-state index contributed by atoms with van der Waals surface area (Å²) >= 11 is 0. The molecule has 1 spiro atoms. The van der Waals surface area contributed by atoms with Crippen LogP contribution in [-0.2, 0) is 4.74 Å². The second kappa shape index (κ2) is 7.18. The topological polar surface area (TPSA) is 40.1 Å². The number of hydrogen-bond donors (Lipinski definition) is 1. The Bertz CT molecular complexity index is 384. The van der Waals surface area contributed by atoms with Gasteiger partial charge in [-0.2, -0.15) is 0 Å². The van der Waals surface area contributed by atoms with Crippen molar-refractivity contribution in [2.75, 3.05) is 60.0 Å².